The van der Waals surface area contributed by atoms with E-state index in [0.717, 1.165) is 5.69 Å². The van der Waals surface area contributed by atoms with Gasteiger partial charge in [-0.3, -0.25) is 4.57 Å². The van der Waals surface area contributed by atoms with Crippen LogP contribution in [-0.2, 0) is 23.6 Å². The van der Waals surface area contributed by atoms with Crippen LogP contribution in [0.25, 0.3) is 16.8 Å². The van der Waals surface area contributed by atoms with Crippen LogP contribution in [0.4, 0.5) is 0 Å². The summed E-state index contributed by atoms with van der Waals surface area (Å²) in [6, 6.07) is 6.12. The maximum atomic E-state index is 12.5. The third kappa shape index (κ3) is 2.96. The van der Waals surface area contributed by atoms with E-state index in [1.807, 2.05) is 16.8 Å². The maximum Gasteiger partial charge on any atom is 0.419 e. The Bertz CT molecular complexity index is 1230. The second-order valence-electron chi connectivity index (χ2n) is 5.52. The summed E-state index contributed by atoms with van der Waals surface area (Å²) in [4.78, 5) is 11.6. The molecule has 11 heteroatoms. The van der Waals surface area contributed by atoms with Gasteiger partial charge in [0.1, 0.15) is 0 Å². The third-order valence-corrected chi connectivity index (χ3v) is 5.90. The first kappa shape index (κ1) is 16.7. The molecule has 134 valence electrons. The molecule has 0 atom stereocenters. The lowest BCUT2D eigenvalue weighted by atomic mass is 10.3. The number of sulfonamides is 1. The van der Waals surface area contributed by atoms with Gasteiger partial charge in [-0.15, -0.1) is 5.10 Å². The Hall–Kier alpha value is -2.76. The Morgan fingerprint density at radius 3 is 2.92 bits per heavy atom. The highest BCUT2D eigenvalue weighted by Gasteiger charge is 2.17. The number of benzene rings is 1. The van der Waals surface area contributed by atoms with Crippen molar-refractivity contribution in [3.63, 3.8) is 0 Å². The molecule has 0 bridgehead atoms. The number of aryl methyl sites for hydroxylation is 1. The summed E-state index contributed by atoms with van der Waals surface area (Å²) in [5, 5.41) is 11.8. The predicted molar refractivity (Wildman–Crippen MR) is 94.7 cm³/mol. The Morgan fingerprint density at radius 2 is 2.15 bits per heavy atom. The van der Waals surface area contributed by atoms with Crippen molar-refractivity contribution in [3.8, 4) is 5.69 Å². The van der Waals surface area contributed by atoms with Gasteiger partial charge in [0, 0.05) is 12.4 Å². The second kappa shape index (κ2) is 6.20. The minimum absolute atomic E-state index is 0.00513. The minimum atomic E-state index is -3.78. The smallest absolute Gasteiger partial charge is 0.408 e. The zero-order valence-corrected chi connectivity index (χ0v) is 15.1. The van der Waals surface area contributed by atoms with Gasteiger partial charge in [-0.2, -0.15) is 11.3 Å². The molecule has 0 unspecified atom stereocenters. The molecule has 1 aromatic carbocycles. The SMILES string of the molecule is Cn1c(=O)oc2ccc(S(=O)(=O)NCc3cn(-c4ccsc4)nn3)cc21. The van der Waals surface area contributed by atoms with Gasteiger partial charge in [-0.1, -0.05) is 5.21 Å². The van der Waals surface area contributed by atoms with Gasteiger partial charge < -0.3 is 4.42 Å². The molecule has 0 spiro atoms. The Balaban J connectivity index is 1.56. The summed E-state index contributed by atoms with van der Waals surface area (Å²) in [5.74, 6) is -0.549. The van der Waals surface area contributed by atoms with Gasteiger partial charge in [0.2, 0.25) is 10.0 Å². The largest absolute Gasteiger partial charge is 0.419 e. The molecule has 3 heterocycles. The third-order valence-electron chi connectivity index (χ3n) is 3.83. The zero-order chi connectivity index (χ0) is 18.3. The first-order chi connectivity index (χ1) is 12.4. The van der Waals surface area contributed by atoms with Crippen molar-refractivity contribution in [3.05, 3.63) is 57.5 Å². The summed E-state index contributed by atoms with van der Waals surface area (Å²) >= 11 is 1.53. The second-order valence-corrected chi connectivity index (χ2v) is 8.06. The number of aromatic nitrogens is 4. The summed E-state index contributed by atoms with van der Waals surface area (Å²) in [5.41, 5.74) is 2.08. The van der Waals surface area contributed by atoms with Gasteiger partial charge in [-0.25, -0.2) is 22.6 Å². The number of nitrogens with one attached hydrogen (secondary N) is 1. The Morgan fingerprint density at radius 1 is 1.31 bits per heavy atom. The lowest BCUT2D eigenvalue weighted by molar-refractivity contribution is 0.528. The molecule has 4 rings (SSSR count). The number of oxazole rings is 1. The molecule has 0 aliphatic rings. The Kier molecular flexibility index (Phi) is 3.98. The van der Waals surface area contributed by atoms with Crippen molar-refractivity contribution < 1.29 is 12.8 Å². The number of nitrogens with zero attached hydrogens (tertiary/aromatic N) is 4. The number of hydrogen-bond donors (Lipinski definition) is 1. The van der Waals surface area contributed by atoms with Gasteiger partial charge in [0.05, 0.1) is 34.5 Å². The fraction of sp³-hybridized carbons (Fsp3) is 0.133. The highest BCUT2D eigenvalue weighted by atomic mass is 32.2. The first-order valence-corrected chi connectivity index (χ1v) is 9.90. The molecular formula is C15H13N5O4S2. The molecule has 0 saturated carbocycles. The van der Waals surface area contributed by atoms with Crippen LogP contribution in [0, 0.1) is 0 Å². The zero-order valence-electron chi connectivity index (χ0n) is 13.5. The van der Waals surface area contributed by atoms with Crippen molar-refractivity contribution in [2.24, 2.45) is 7.05 Å². The van der Waals surface area contributed by atoms with Gasteiger partial charge in [0.15, 0.2) is 5.58 Å². The van der Waals surface area contributed by atoms with Crippen molar-refractivity contribution in [2.45, 2.75) is 11.4 Å². The highest BCUT2D eigenvalue weighted by molar-refractivity contribution is 7.89. The molecule has 0 amide bonds. The molecule has 1 N–H and O–H groups in total. The van der Waals surface area contributed by atoms with Gasteiger partial charge in [0.25, 0.3) is 0 Å². The molecule has 0 radical (unpaired) electrons. The summed E-state index contributed by atoms with van der Waals surface area (Å²) < 4.78 is 35.4. The van der Waals surface area contributed by atoms with Crippen LogP contribution in [0.3, 0.4) is 0 Å². The van der Waals surface area contributed by atoms with Crippen molar-refractivity contribution >= 4 is 32.5 Å². The molecule has 0 fully saturated rings. The molecule has 9 nitrogen and oxygen atoms in total. The highest BCUT2D eigenvalue weighted by Crippen LogP contribution is 2.18. The standard InChI is InChI=1S/C15H13N5O4S2/c1-19-13-6-12(2-3-14(13)24-15(19)21)26(22,23)16-7-10-8-20(18-17-10)11-4-5-25-9-11/h2-6,8-9,16H,7H2,1H3. The summed E-state index contributed by atoms with van der Waals surface area (Å²) in [6.07, 6.45) is 1.66. The summed E-state index contributed by atoms with van der Waals surface area (Å²) in [6.45, 7) is -0.00513. The minimum Gasteiger partial charge on any atom is -0.408 e. The van der Waals surface area contributed by atoms with Crippen LogP contribution in [0.5, 0.6) is 0 Å². The van der Waals surface area contributed by atoms with Crippen LogP contribution in [-0.4, -0.2) is 28.0 Å². The van der Waals surface area contributed by atoms with Crippen LogP contribution < -0.4 is 10.5 Å². The normalized spacial score (nSPS) is 12.0. The lowest BCUT2D eigenvalue weighted by Crippen LogP contribution is -2.23. The van der Waals surface area contributed by atoms with E-state index >= 15 is 0 Å². The van der Waals surface area contributed by atoms with E-state index < -0.39 is 15.8 Å². The van der Waals surface area contributed by atoms with Gasteiger partial charge in [-0.05, 0) is 29.6 Å². The Labute approximate surface area is 151 Å². The fourth-order valence-corrected chi connectivity index (χ4v) is 4.06. The lowest BCUT2D eigenvalue weighted by Gasteiger charge is -2.05. The molecule has 3 aromatic heterocycles. The van der Waals surface area contributed by atoms with E-state index in [9.17, 15) is 13.2 Å². The number of hydrogen-bond acceptors (Lipinski definition) is 7. The van der Waals surface area contributed by atoms with Crippen LogP contribution in [0.1, 0.15) is 5.69 Å². The average molecular weight is 391 g/mol. The van der Waals surface area contributed by atoms with E-state index in [1.54, 1.807) is 10.9 Å². The molecule has 26 heavy (non-hydrogen) atoms. The molecular weight excluding hydrogens is 378 g/mol. The maximum absolute atomic E-state index is 12.5. The van der Waals surface area contributed by atoms with Crippen molar-refractivity contribution in [1.82, 2.24) is 24.3 Å². The van der Waals surface area contributed by atoms with E-state index in [2.05, 4.69) is 15.0 Å². The van der Waals surface area contributed by atoms with E-state index in [-0.39, 0.29) is 11.4 Å². The van der Waals surface area contributed by atoms with Crippen molar-refractivity contribution in [1.29, 1.82) is 0 Å². The molecule has 0 aliphatic heterocycles. The van der Waals surface area contributed by atoms with E-state index in [0.29, 0.717) is 16.8 Å². The topological polar surface area (TPSA) is 112 Å². The van der Waals surface area contributed by atoms with Crippen LogP contribution in [0.15, 0.2) is 55.3 Å². The van der Waals surface area contributed by atoms with E-state index in [4.69, 9.17) is 4.42 Å². The number of rotatable bonds is 5. The van der Waals surface area contributed by atoms with Crippen LogP contribution in [0.2, 0.25) is 0 Å². The quantitative estimate of drug-likeness (QED) is 0.548. The predicted octanol–water partition coefficient (Wildman–Crippen LogP) is 1.25. The first-order valence-electron chi connectivity index (χ1n) is 7.47. The monoisotopic (exact) mass is 391 g/mol. The average Bonchev–Trinajstić information content (AvgIpc) is 3.34. The molecule has 4 aromatic rings. The van der Waals surface area contributed by atoms with Gasteiger partial charge >= 0.3 is 5.76 Å². The van der Waals surface area contributed by atoms with Crippen LogP contribution >= 0.6 is 11.3 Å². The van der Waals surface area contributed by atoms with E-state index in [1.165, 1.54) is 41.2 Å². The summed E-state index contributed by atoms with van der Waals surface area (Å²) in [7, 11) is -2.27. The number of thiophene rings is 1. The van der Waals surface area contributed by atoms with Crippen molar-refractivity contribution in [2.75, 3.05) is 0 Å². The fourth-order valence-electron chi connectivity index (χ4n) is 2.42. The number of fused-ring (bicyclic) bond motifs is 1. The molecule has 0 saturated heterocycles. The molecule has 0 aliphatic carbocycles.